The number of nitrogens with zero attached hydrogens (tertiary/aromatic N) is 1. The Morgan fingerprint density at radius 1 is 1.35 bits per heavy atom. The van der Waals surface area contributed by atoms with Crippen LogP contribution in [0.3, 0.4) is 0 Å². The molecule has 20 heavy (non-hydrogen) atoms. The van der Waals surface area contributed by atoms with Crippen molar-refractivity contribution in [2.75, 3.05) is 26.7 Å². The lowest BCUT2D eigenvalue weighted by atomic mass is 10.1. The Morgan fingerprint density at radius 2 is 2.05 bits per heavy atom. The number of aliphatic carboxylic acids is 2. The van der Waals surface area contributed by atoms with Crippen molar-refractivity contribution in [1.82, 2.24) is 15.5 Å². The summed E-state index contributed by atoms with van der Waals surface area (Å²) in [5.41, 5.74) is 0. The summed E-state index contributed by atoms with van der Waals surface area (Å²) in [4.78, 5) is 35.1. The number of carbonyl (C=O) groups excluding carboxylic acids is 1. The highest BCUT2D eigenvalue weighted by Crippen LogP contribution is 2.12. The first-order valence-corrected chi connectivity index (χ1v) is 6.56. The van der Waals surface area contributed by atoms with Crippen molar-refractivity contribution in [2.24, 2.45) is 5.92 Å². The van der Waals surface area contributed by atoms with Crippen molar-refractivity contribution < 1.29 is 24.6 Å². The van der Waals surface area contributed by atoms with Crippen LogP contribution >= 0.6 is 0 Å². The van der Waals surface area contributed by atoms with Crippen molar-refractivity contribution >= 4 is 18.0 Å². The SMILES string of the molecule is CN1CCC(CNC(=O)N[C@@H](CCC(=O)O)C(=O)O)C1. The lowest BCUT2D eigenvalue weighted by Gasteiger charge is -2.16. The van der Waals surface area contributed by atoms with Gasteiger partial charge in [-0.1, -0.05) is 0 Å². The second-order valence-corrected chi connectivity index (χ2v) is 5.09. The largest absolute Gasteiger partial charge is 0.481 e. The monoisotopic (exact) mass is 287 g/mol. The van der Waals surface area contributed by atoms with Gasteiger partial charge in [0.15, 0.2) is 0 Å². The van der Waals surface area contributed by atoms with Gasteiger partial charge >= 0.3 is 18.0 Å². The van der Waals surface area contributed by atoms with E-state index >= 15 is 0 Å². The van der Waals surface area contributed by atoms with Crippen LogP contribution in [0.25, 0.3) is 0 Å². The fourth-order valence-corrected chi connectivity index (χ4v) is 2.16. The number of carboxylic acids is 2. The number of nitrogens with one attached hydrogen (secondary N) is 2. The molecule has 114 valence electrons. The van der Waals surface area contributed by atoms with Gasteiger partial charge in [-0.25, -0.2) is 9.59 Å². The van der Waals surface area contributed by atoms with Crippen LogP contribution in [0.2, 0.25) is 0 Å². The van der Waals surface area contributed by atoms with Crippen molar-refractivity contribution in [3.8, 4) is 0 Å². The lowest BCUT2D eigenvalue weighted by Crippen LogP contribution is -2.47. The molecule has 4 N–H and O–H groups in total. The van der Waals surface area contributed by atoms with Gasteiger partial charge in [-0.2, -0.15) is 0 Å². The second kappa shape index (κ2) is 7.68. The Hall–Kier alpha value is -1.83. The molecule has 8 nitrogen and oxygen atoms in total. The minimum atomic E-state index is -1.23. The van der Waals surface area contributed by atoms with Crippen molar-refractivity contribution in [3.63, 3.8) is 0 Å². The van der Waals surface area contributed by atoms with E-state index in [0.29, 0.717) is 12.5 Å². The van der Waals surface area contributed by atoms with Crippen LogP contribution in [0, 0.1) is 5.92 Å². The summed E-state index contributed by atoms with van der Waals surface area (Å²) in [7, 11) is 2.01. The number of likely N-dealkylation sites (tertiary alicyclic amines) is 1. The van der Waals surface area contributed by atoms with E-state index in [0.717, 1.165) is 19.5 Å². The van der Waals surface area contributed by atoms with E-state index in [2.05, 4.69) is 15.5 Å². The highest BCUT2D eigenvalue weighted by molar-refractivity contribution is 5.82. The highest BCUT2D eigenvalue weighted by atomic mass is 16.4. The number of urea groups is 1. The van der Waals surface area contributed by atoms with Gasteiger partial charge in [-0.05, 0) is 32.4 Å². The minimum absolute atomic E-state index is 0.135. The first-order valence-electron chi connectivity index (χ1n) is 6.56. The third-order valence-corrected chi connectivity index (χ3v) is 3.29. The van der Waals surface area contributed by atoms with Crippen molar-refractivity contribution in [1.29, 1.82) is 0 Å². The molecule has 0 aromatic heterocycles. The maximum atomic E-state index is 11.6. The standard InChI is InChI=1S/C12H21N3O5/c1-15-5-4-8(7-15)6-13-12(20)14-9(11(18)19)2-3-10(16)17/h8-9H,2-7H2,1H3,(H,16,17)(H,18,19)(H2,13,14,20)/t8?,9-/m0/s1. The topological polar surface area (TPSA) is 119 Å². The molecule has 0 spiro atoms. The highest BCUT2D eigenvalue weighted by Gasteiger charge is 2.23. The Labute approximate surface area is 117 Å². The van der Waals surface area contributed by atoms with Gasteiger partial charge in [-0.3, -0.25) is 4.79 Å². The van der Waals surface area contributed by atoms with E-state index in [-0.39, 0.29) is 12.8 Å². The summed E-state index contributed by atoms with van der Waals surface area (Å²) in [6.07, 6.45) is 0.563. The molecule has 1 unspecified atom stereocenters. The number of carboxylic acid groups (broad SMARTS) is 2. The number of hydrogen-bond donors (Lipinski definition) is 4. The van der Waals surface area contributed by atoms with Gasteiger partial charge in [-0.15, -0.1) is 0 Å². The molecular formula is C12H21N3O5. The molecule has 1 aliphatic rings. The van der Waals surface area contributed by atoms with Gasteiger partial charge in [0.05, 0.1) is 0 Å². The van der Waals surface area contributed by atoms with Crippen LogP contribution in [-0.4, -0.2) is 65.8 Å². The van der Waals surface area contributed by atoms with Crippen LogP contribution in [0.1, 0.15) is 19.3 Å². The maximum absolute atomic E-state index is 11.6. The van der Waals surface area contributed by atoms with Gasteiger partial charge in [0, 0.05) is 19.5 Å². The molecule has 1 rings (SSSR count). The molecule has 8 heteroatoms. The van der Waals surface area contributed by atoms with Crippen molar-refractivity contribution in [3.05, 3.63) is 0 Å². The fraction of sp³-hybridized carbons (Fsp3) is 0.750. The molecule has 2 amide bonds. The van der Waals surface area contributed by atoms with Crippen LogP contribution < -0.4 is 10.6 Å². The third kappa shape index (κ3) is 5.87. The molecule has 0 aliphatic carbocycles. The van der Waals surface area contributed by atoms with Crippen LogP contribution in [0.15, 0.2) is 0 Å². The maximum Gasteiger partial charge on any atom is 0.326 e. The molecule has 1 saturated heterocycles. The van der Waals surface area contributed by atoms with E-state index < -0.39 is 24.0 Å². The number of carbonyl (C=O) groups is 3. The normalized spacial score (nSPS) is 20.4. The number of amides is 2. The molecule has 1 fully saturated rings. The number of hydrogen-bond acceptors (Lipinski definition) is 4. The van der Waals surface area contributed by atoms with E-state index in [1.165, 1.54) is 0 Å². The van der Waals surface area contributed by atoms with Crippen LogP contribution in [-0.2, 0) is 9.59 Å². The number of rotatable bonds is 7. The van der Waals surface area contributed by atoms with Gasteiger partial charge < -0.3 is 25.7 Å². The first-order chi connectivity index (χ1) is 9.38. The Kier molecular flexibility index (Phi) is 6.23. The van der Waals surface area contributed by atoms with Gasteiger partial charge in [0.25, 0.3) is 0 Å². The molecule has 0 bridgehead atoms. The molecular weight excluding hydrogens is 266 g/mol. The fourth-order valence-electron chi connectivity index (χ4n) is 2.16. The quantitative estimate of drug-likeness (QED) is 0.504. The van der Waals surface area contributed by atoms with Crippen molar-refractivity contribution in [2.45, 2.75) is 25.3 Å². The zero-order chi connectivity index (χ0) is 15.1. The van der Waals surface area contributed by atoms with E-state index in [4.69, 9.17) is 10.2 Å². The lowest BCUT2D eigenvalue weighted by molar-refractivity contribution is -0.140. The molecule has 0 aromatic carbocycles. The summed E-state index contributed by atoms with van der Waals surface area (Å²) < 4.78 is 0. The molecule has 0 aromatic rings. The Bertz CT molecular complexity index is 374. The molecule has 2 atom stereocenters. The van der Waals surface area contributed by atoms with Crippen LogP contribution in [0.4, 0.5) is 4.79 Å². The summed E-state index contributed by atoms with van der Waals surface area (Å²) in [6.45, 7) is 2.38. The average Bonchev–Trinajstić information content (AvgIpc) is 2.77. The summed E-state index contributed by atoms with van der Waals surface area (Å²) in [6, 6.07) is -1.75. The molecule has 1 heterocycles. The van der Waals surface area contributed by atoms with Gasteiger partial charge in [0.2, 0.25) is 0 Å². The van der Waals surface area contributed by atoms with Crippen LogP contribution in [0.5, 0.6) is 0 Å². The smallest absolute Gasteiger partial charge is 0.326 e. The second-order valence-electron chi connectivity index (χ2n) is 5.09. The minimum Gasteiger partial charge on any atom is -0.481 e. The Balaban J connectivity index is 2.30. The summed E-state index contributed by atoms with van der Waals surface area (Å²) in [5.74, 6) is -1.96. The van der Waals surface area contributed by atoms with E-state index in [1.807, 2.05) is 7.05 Å². The first kappa shape index (κ1) is 16.2. The predicted octanol–water partition coefficient (Wildman–Crippen LogP) is -0.445. The molecule has 0 saturated carbocycles. The summed E-state index contributed by atoms with van der Waals surface area (Å²) >= 11 is 0. The third-order valence-electron chi connectivity index (χ3n) is 3.29. The molecule has 1 aliphatic heterocycles. The zero-order valence-corrected chi connectivity index (χ0v) is 11.5. The van der Waals surface area contributed by atoms with E-state index in [9.17, 15) is 14.4 Å². The molecule has 0 radical (unpaired) electrons. The summed E-state index contributed by atoms with van der Waals surface area (Å²) in [5, 5.41) is 22.3. The van der Waals surface area contributed by atoms with Gasteiger partial charge in [0.1, 0.15) is 6.04 Å². The zero-order valence-electron chi connectivity index (χ0n) is 11.5. The van der Waals surface area contributed by atoms with E-state index in [1.54, 1.807) is 0 Å². The predicted molar refractivity (Wildman–Crippen MR) is 70.4 cm³/mol. The average molecular weight is 287 g/mol. The Morgan fingerprint density at radius 3 is 2.55 bits per heavy atom.